The molecule has 1 aromatic rings. The second-order valence-corrected chi connectivity index (χ2v) is 4.99. The van der Waals surface area contributed by atoms with Gasteiger partial charge in [-0.05, 0) is 27.1 Å². The van der Waals surface area contributed by atoms with Crippen molar-refractivity contribution in [3.63, 3.8) is 0 Å². The average molecular weight is 235 g/mol. The van der Waals surface area contributed by atoms with Crippen molar-refractivity contribution >= 4 is 0 Å². The van der Waals surface area contributed by atoms with Gasteiger partial charge in [-0.3, -0.25) is 9.88 Å². The van der Waals surface area contributed by atoms with Crippen molar-refractivity contribution < 1.29 is 5.11 Å². The molecular formula is C13H21N3O. The average Bonchev–Trinajstić information content (AvgIpc) is 2.32. The molecule has 2 atom stereocenters. The number of pyridine rings is 1. The lowest BCUT2D eigenvalue weighted by atomic mass is 10.0. The first-order valence-corrected chi connectivity index (χ1v) is 6.07. The molecule has 1 fully saturated rings. The predicted octanol–water partition coefficient (Wildman–Crippen LogP) is 0.669. The van der Waals surface area contributed by atoms with Gasteiger partial charge in [0.15, 0.2) is 0 Å². The Balaban J connectivity index is 2.12. The standard InChI is InChI=1S/C13H21N3O/c1-10-4-5-11(8-14-10)13(17)12-9-15(2)6-7-16(12)3/h4-5,8,12-13,17H,6-7,9H2,1-3H3. The minimum atomic E-state index is -0.462. The Labute approximate surface area is 103 Å². The van der Waals surface area contributed by atoms with Crippen molar-refractivity contribution in [1.82, 2.24) is 14.8 Å². The Bertz CT molecular complexity index is 365. The molecular weight excluding hydrogens is 214 g/mol. The SMILES string of the molecule is Cc1ccc(C(O)C2CN(C)CCN2C)cn1. The fraction of sp³-hybridized carbons (Fsp3) is 0.615. The summed E-state index contributed by atoms with van der Waals surface area (Å²) in [6, 6.07) is 4.07. The largest absolute Gasteiger partial charge is 0.387 e. The van der Waals surface area contributed by atoms with E-state index in [2.05, 4.69) is 28.9 Å². The summed E-state index contributed by atoms with van der Waals surface area (Å²) >= 11 is 0. The van der Waals surface area contributed by atoms with E-state index in [4.69, 9.17) is 0 Å². The monoisotopic (exact) mass is 235 g/mol. The van der Waals surface area contributed by atoms with Gasteiger partial charge in [0.1, 0.15) is 0 Å². The molecule has 0 spiro atoms. The van der Waals surface area contributed by atoms with Gasteiger partial charge >= 0.3 is 0 Å². The summed E-state index contributed by atoms with van der Waals surface area (Å²) in [6.45, 7) is 4.91. The lowest BCUT2D eigenvalue weighted by Gasteiger charge is -2.40. The minimum Gasteiger partial charge on any atom is -0.387 e. The summed E-state index contributed by atoms with van der Waals surface area (Å²) in [5.74, 6) is 0. The summed E-state index contributed by atoms with van der Waals surface area (Å²) in [5.41, 5.74) is 1.89. The van der Waals surface area contributed by atoms with Gasteiger partial charge in [-0.2, -0.15) is 0 Å². The van der Waals surface area contributed by atoms with Crippen LogP contribution in [-0.2, 0) is 0 Å². The second-order valence-electron chi connectivity index (χ2n) is 4.99. The number of aromatic nitrogens is 1. The zero-order valence-electron chi connectivity index (χ0n) is 10.8. The normalized spacial score (nSPS) is 24.8. The highest BCUT2D eigenvalue weighted by atomic mass is 16.3. The Morgan fingerprint density at radius 1 is 1.35 bits per heavy atom. The van der Waals surface area contributed by atoms with Crippen molar-refractivity contribution in [2.75, 3.05) is 33.7 Å². The van der Waals surface area contributed by atoms with Gasteiger partial charge in [0, 0.05) is 37.1 Å². The van der Waals surface area contributed by atoms with Gasteiger partial charge in [-0.15, -0.1) is 0 Å². The molecule has 1 aliphatic heterocycles. The molecule has 94 valence electrons. The first-order valence-electron chi connectivity index (χ1n) is 6.07. The molecule has 0 saturated carbocycles. The van der Waals surface area contributed by atoms with E-state index in [1.807, 2.05) is 19.1 Å². The Morgan fingerprint density at radius 2 is 2.12 bits per heavy atom. The molecule has 1 saturated heterocycles. The first kappa shape index (κ1) is 12.5. The van der Waals surface area contributed by atoms with Crippen molar-refractivity contribution in [2.45, 2.75) is 19.1 Å². The summed E-state index contributed by atoms with van der Waals surface area (Å²) in [7, 11) is 4.17. The molecule has 2 rings (SSSR count). The van der Waals surface area contributed by atoms with Gasteiger partial charge in [-0.1, -0.05) is 6.07 Å². The maximum absolute atomic E-state index is 10.4. The molecule has 0 bridgehead atoms. The number of rotatable bonds is 2. The molecule has 0 radical (unpaired) electrons. The van der Waals surface area contributed by atoms with Crippen LogP contribution in [0.25, 0.3) is 0 Å². The van der Waals surface area contributed by atoms with E-state index in [0.29, 0.717) is 0 Å². The lowest BCUT2D eigenvalue weighted by molar-refractivity contribution is 0.0136. The van der Waals surface area contributed by atoms with Gasteiger partial charge in [0.2, 0.25) is 0 Å². The van der Waals surface area contributed by atoms with E-state index in [1.165, 1.54) is 0 Å². The molecule has 0 aromatic carbocycles. The molecule has 2 heterocycles. The zero-order valence-corrected chi connectivity index (χ0v) is 10.8. The predicted molar refractivity (Wildman–Crippen MR) is 67.8 cm³/mol. The van der Waals surface area contributed by atoms with Gasteiger partial charge in [0.05, 0.1) is 12.1 Å². The van der Waals surface area contributed by atoms with Crippen LogP contribution in [0.4, 0.5) is 0 Å². The fourth-order valence-corrected chi connectivity index (χ4v) is 2.26. The van der Waals surface area contributed by atoms with E-state index >= 15 is 0 Å². The lowest BCUT2D eigenvalue weighted by Crippen LogP contribution is -2.52. The Kier molecular flexibility index (Phi) is 3.76. The van der Waals surface area contributed by atoms with E-state index < -0.39 is 6.10 Å². The van der Waals surface area contributed by atoms with Crippen molar-refractivity contribution in [1.29, 1.82) is 0 Å². The van der Waals surface area contributed by atoms with Crippen LogP contribution in [0.2, 0.25) is 0 Å². The van der Waals surface area contributed by atoms with Gasteiger partial charge in [-0.25, -0.2) is 0 Å². The van der Waals surface area contributed by atoms with Gasteiger partial charge in [0.25, 0.3) is 0 Å². The first-order chi connectivity index (χ1) is 8.08. The molecule has 4 nitrogen and oxygen atoms in total. The Morgan fingerprint density at radius 3 is 2.76 bits per heavy atom. The molecule has 1 N–H and O–H groups in total. The van der Waals surface area contributed by atoms with Crippen LogP contribution < -0.4 is 0 Å². The highest BCUT2D eigenvalue weighted by molar-refractivity contribution is 5.17. The van der Waals surface area contributed by atoms with Crippen LogP contribution in [0.15, 0.2) is 18.3 Å². The number of aliphatic hydroxyl groups is 1. The van der Waals surface area contributed by atoms with E-state index in [0.717, 1.165) is 30.9 Å². The molecule has 2 unspecified atom stereocenters. The molecule has 17 heavy (non-hydrogen) atoms. The maximum Gasteiger partial charge on any atom is 0.0972 e. The number of hydrogen-bond donors (Lipinski definition) is 1. The third-order valence-electron chi connectivity index (χ3n) is 3.54. The number of likely N-dealkylation sites (N-methyl/N-ethyl adjacent to an activating group) is 2. The maximum atomic E-state index is 10.4. The quantitative estimate of drug-likeness (QED) is 0.818. The van der Waals surface area contributed by atoms with Crippen LogP contribution in [0.1, 0.15) is 17.4 Å². The van der Waals surface area contributed by atoms with Crippen LogP contribution in [0, 0.1) is 6.92 Å². The molecule has 4 heteroatoms. The number of hydrogen-bond acceptors (Lipinski definition) is 4. The second kappa shape index (κ2) is 5.12. The number of aliphatic hydroxyl groups excluding tert-OH is 1. The molecule has 0 amide bonds. The van der Waals surface area contributed by atoms with E-state index in [9.17, 15) is 5.11 Å². The van der Waals surface area contributed by atoms with Crippen molar-refractivity contribution in [3.8, 4) is 0 Å². The van der Waals surface area contributed by atoms with Crippen LogP contribution in [-0.4, -0.2) is 59.7 Å². The third-order valence-corrected chi connectivity index (χ3v) is 3.54. The molecule has 1 aliphatic rings. The van der Waals surface area contributed by atoms with Gasteiger partial charge < -0.3 is 10.0 Å². The fourth-order valence-electron chi connectivity index (χ4n) is 2.26. The summed E-state index contributed by atoms with van der Waals surface area (Å²) in [5, 5.41) is 10.4. The number of piperazine rings is 1. The van der Waals surface area contributed by atoms with Crippen LogP contribution in [0.5, 0.6) is 0 Å². The van der Waals surface area contributed by atoms with Crippen LogP contribution >= 0.6 is 0 Å². The van der Waals surface area contributed by atoms with E-state index in [1.54, 1.807) is 6.20 Å². The zero-order chi connectivity index (χ0) is 12.4. The summed E-state index contributed by atoms with van der Waals surface area (Å²) < 4.78 is 0. The van der Waals surface area contributed by atoms with Crippen molar-refractivity contribution in [3.05, 3.63) is 29.6 Å². The molecule has 1 aromatic heterocycles. The topological polar surface area (TPSA) is 39.6 Å². The minimum absolute atomic E-state index is 0.151. The number of nitrogens with zero attached hydrogens (tertiary/aromatic N) is 3. The third kappa shape index (κ3) is 2.83. The highest BCUT2D eigenvalue weighted by Crippen LogP contribution is 2.22. The Hall–Kier alpha value is -0.970. The van der Waals surface area contributed by atoms with Crippen LogP contribution in [0.3, 0.4) is 0 Å². The summed E-state index contributed by atoms with van der Waals surface area (Å²) in [6.07, 6.45) is 1.32. The molecule has 0 aliphatic carbocycles. The highest BCUT2D eigenvalue weighted by Gasteiger charge is 2.29. The number of aryl methyl sites for hydroxylation is 1. The van der Waals surface area contributed by atoms with E-state index in [-0.39, 0.29) is 6.04 Å². The van der Waals surface area contributed by atoms with Crippen molar-refractivity contribution in [2.24, 2.45) is 0 Å². The smallest absolute Gasteiger partial charge is 0.0972 e. The summed E-state index contributed by atoms with van der Waals surface area (Å²) in [4.78, 5) is 8.73.